The molecule has 2 aromatic rings. The van der Waals surface area contributed by atoms with Gasteiger partial charge in [-0.15, -0.1) is 0 Å². The van der Waals surface area contributed by atoms with Crippen LogP contribution in [0.2, 0.25) is 0 Å². The Balaban J connectivity index is 2.02. The minimum Gasteiger partial charge on any atom is -0.261 e. The largest absolute Gasteiger partial charge is 0.261 e. The van der Waals surface area contributed by atoms with Gasteiger partial charge in [-0.2, -0.15) is 5.21 Å². The summed E-state index contributed by atoms with van der Waals surface area (Å²) in [4.78, 5) is 4.21. The molecule has 0 atom stereocenters. The van der Waals surface area contributed by atoms with E-state index < -0.39 is 0 Å². The van der Waals surface area contributed by atoms with Crippen LogP contribution in [-0.2, 0) is 13.0 Å². The van der Waals surface area contributed by atoms with Crippen LogP contribution in [-0.4, -0.2) is 25.2 Å². The second-order valence-corrected chi connectivity index (χ2v) is 3.17. The van der Waals surface area contributed by atoms with Crippen molar-refractivity contribution in [1.29, 1.82) is 0 Å². The summed E-state index contributed by atoms with van der Waals surface area (Å²) in [6.07, 6.45) is 2.60. The Hall–Kier alpha value is -1.56. The zero-order chi connectivity index (χ0) is 9.80. The Kier molecular flexibility index (Phi) is 2.64. The number of aryl methyl sites for hydroxylation is 2. The molecule has 2 heterocycles. The molecule has 0 saturated carbocycles. The number of aromatic nitrogens is 5. The number of rotatable bonds is 3. The lowest BCUT2D eigenvalue weighted by Gasteiger charge is -1.99. The fourth-order valence-corrected chi connectivity index (χ4v) is 1.31. The first-order valence-corrected chi connectivity index (χ1v) is 4.65. The Morgan fingerprint density at radius 1 is 1.43 bits per heavy atom. The van der Waals surface area contributed by atoms with Gasteiger partial charge >= 0.3 is 0 Å². The van der Waals surface area contributed by atoms with E-state index in [1.807, 2.05) is 18.2 Å². The summed E-state index contributed by atoms with van der Waals surface area (Å²) in [5.41, 5.74) is 1.03. The van der Waals surface area contributed by atoms with Gasteiger partial charge in [-0.05, 0) is 24.4 Å². The molecule has 0 aliphatic rings. The number of hydrogen-bond donors (Lipinski definition) is 1. The van der Waals surface area contributed by atoms with E-state index >= 15 is 0 Å². The van der Waals surface area contributed by atoms with Crippen LogP contribution in [0.4, 0.5) is 0 Å². The predicted molar refractivity (Wildman–Crippen MR) is 53.1 cm³/mol. The van der Waals surface area contributed by atoms with Crippen molar-refractivity contribution in [3.05, 3.63) is 34.9 Å². The fourth-order valence-electron chi connectivity index (χ4n) is 1.13. The van der Waals surface area contributed by atoms with Gasteiger partial charge in [0.25, 0.3) is 0 Å². The molecule has 0 spiro atoms. The van der Waals surface area contributed by atoms with Gasteiger partial charge in [0.2, 0.25) is 4.77 Å². The number of hydrogen-bond acceptors (Lipinski definition) is 4. The van der Waals surface area contributed by atoms with Crippen LogP contribution in [0.5, 0.6) is 0 Å². The van der Waals surface area contributed by atoms with E-state index in [1.165, 1.54) is 0 Å². The minimum absolute atomic E-state index is 0.473. The van der Waals surface area contributed by atoms with E-state index in [0.29, 0.717) is 4.77 Å². The third-order valence-corrected chi connectivity index (χ3v) is 2.15. The molecule has 14 heavy (non-hydrogen) atoms. The van der Waals surface area contributed by atoms with Crippen molar-refractivity contribution in [2.45, 2.75) is 13.0 Å². The average molecular weight is 207 g/mol. The molecule has 5 nitrogen and oxygen atoms in total. The Morgan fingerprint density at radius 3 is 3.00 bits per heavy atom. The van der Waals surface area contributed by atoms with E-state index in [9.17, 15) is 0 Å². The fraction of sp³-hybridized carbons (Fsp3) is 0.250. The van der Waals surface area contributed by atoms with Crippen molar-refractivity contribution in [1.82, 2.24) is 25.2 Å². The highest BCUT2D eigenvalue weighted by molar-refractivity contribution is 7.71. The summed E-state index contributed by atoms with van der Waals surface area (Å²) < 4.78 is 2.19. The third-order valence-electron chi connectivity index (χ3n) is 1.85. The summed E-state index contributed by atoms with van der Waals surface area (Å²) in [6, 6.07) is 5.84. The first-order valence-electron chi connectivity index (χ1n) is 4.24. The molecule has 0 saturated heterocycles. The number of tetrazole rings is 1. The molecule has 0 aromatic carbocycles. The molecule has 0 aliphatic carbocycles. The topological polar surface area (TPSA) is 59.4 Å². The lowest BCUT2D eigenvalue weighted by atomic mass is 10.3. The average Bonchev–Trinajstić information content (AvgIpc) is 2.63. The maximum atomic E-state index is 4.94. The second-order valence-electron chi connectivity index (χ2n) is 2.81. The molecule has 0 bridgehead atoms. The molecule has 72 valence electrons. The second kappa shape index (κ2) is 4.10. The van der Waals surface area contributed by atoms with Crippen molar-refractivity contribution in [3.8, 4) is 0 Å². The van der Waals surface area contributed by atoms with Crippen LogP contribution in [0.15, 0.2) is 24.4 Å². The molecule has 0 aliphatic heterocycles. The number of pyridine rings is 1. The highest BCUT2D eigenvalue weighted by Gasteiger charge is 1.97. The Morgan fingerprint density at radius 2 is 2.36 bits per heavy atom. The van der Waals surface area contributed by atoms with Gasteiger partial charge in [-0.1, -0.05) is 16.4 Å². The van der Waals surface area contributed by atoms with Crippen molar-refractivity contribution >= 4 is 12.2 Å². The Labute approximate surface area is 85.8 Å². The van der Waals surface area contributed by atoms with Crippen molar-refractivity contribution in [2.24, 2.45) is 0 Å². The molecular formula is C8H9N5S. The van der Waals surface area contributed by atoms with E-state index in [2.05, 4.69) is 20.5 Å². The van der Waals surface area contributed by atoms with Crippen LogP contribution in [0, 0.1) is 4.77 Å². The highest BCUT2D eigenvalue weighted by Crippen LogP contribution is 1.96. The zero-order valence-corrected chi connectivity index (χ0v) is 8.24. The van der Waals surface area contributed by atoms with Gasteiger partial charge in [0.1, 0.15) is 0 Å². The summed E-state index contributed by atoms with van der Waals surface area (Å²) in [5.74, 6) is 0. The van der Waals surface area contributed by atoms with Gasteiger partial charge in [-0.3, -0.25) is 4.98 Å². The van der Waals surface area contributed by atoms with Crippen LogP contribution in [0.25, 0.3) is 0 Å². The van der Waals surface area contributed by atoms with Crippen molar-refractivity contribution in [3.63, 3.8) is 0 Å². The van der Waals surface area contributed by atoms with Gasteiger partial charge in [-0.25, -0.2) is 4.68 Å². The van der Waals surface area contributed by atoms with Crippen LogP contribution < -0.4 is 0 Å². The molecule has 2 aromatic heterocycles. The van der Waals surface area contributed by atoms with Crippen LogP contribution in [0.3, 0.4) is 0 Å². The molecule has 0 unspecified atom stereocenters. The molecular weight excluding hydrogens is 198 g/mol. The lowest BCUT2D eigenvalue weighted by molar-refractivity contribution is 0.578. The Bertz CT molecular complexity index is 446. The number of nitrogens with zero attached hydrogens (tertiary/aromatic N) is 4. The number of H-pyrrole nitrogens is 1. The van der Waals surface area contributed by atoms with Crippen LogP contribution in [0.1, 0.15) is 5.69 Å². The van der Waals surface area contributed by atoms with Gasteiger partial charge in [0.05, 0.1) is 0 Å². The summed E-state index contributed by atoms with van der Waals surface area (Å²) in [7, 11) is 0. The highest BCUT2D eigenvalue weighted by atomic mass is 32.1. The summed E-state index contributed by atoms with van der Waals surface area (Å²) >= 11 is 4.94. The SMILES string of the molecule is S=c1nn[nH]n1CCc1ccccn1. The molecule has 1 N–H and O–H groups in total. The van der Waals surface area contributed by atoms with E-state index in [1.54, 1.807) is 10.9 Å². The minimum atomic E-state index is 0.473. The first-order chi connectivity index (χ1) is 6.86. The standard InChI is InChI=1S/C8H9N5S/c14-8-10-11-12-13(8)6-4-7-3-1-2-5-9-7/h1-3,5H,4,6H2,(H,10,12,14). The zero-order valence-electron chi connectivity index (χ0n) is 7.42. The quantitative estimate of drug-likeness (QED) is 0.762. The van der Waals surface area contributed by atoms with Crippen LogP contribution >= 0.6 is 12.2 Å². The molecule has 0 fully saturated rings. The first kappa shape index (κ1) is 9.01. The normalized spacial score (nSPS) is 10.3. The van der Waals surface area contributed by atoms with Crippen molar-refractivity contribution in [2.75, 3.05) is 0 Å². The van der Waals surface area contributed by atoms with E-state index in [-0.39, 0.29) is 0 Å². The summed E-state index contributed by atoms with van der Waals surface area (Å²) in [6.45, 7) is 0.725. The maximum absolute atomic E-state index is 4.94. The van der Waals surface area contributed by atoms with Gasteiger partial charge < -0.3 is 0 Å². The van der Waals surface area contributed by atoms with Crippen molar-refractivity contribution < 1.29 is 0 Å². The monoisotopic (exact) mass is 207 g/mol. The number of aromatic amines is 1. The molecule has 0 radical (unpaired) electrons. The lowest BCUT2D eigenvalue weighted by Crippen LogP contribution is -2.04. The molecule has 6 heteroatoms. The molecule has 2 rings (SSSR count). The molecule has 0 amide bonds. The van der Waals surface area contributed by atoms with E-state index in [4.69, 9.17) is 12.2 Å². The smallest absolute Gasteiger partial charge is 0.238 e. The third kappa shape index (κ3) is 2.02. The predicted octanol–water partition coefficient (Wildman–Crippen LogP) is 0.973. The summed E-state index contributed by atoms with van der Waals surface area (Å²) in [5, 5.41) is 9.98. The van der Waals surface area contributed by atoms with E-state index in [0.717, 1.165) is 18.7 Å². The van der Waals surface area contributed by atoms with Gasteiger partial charge in [0, 0.05) is 24.9 Å². The maximum Gasteiger partial charge on any atom is 0.238 e. The van der Waals surface area contributed by atoms with Gasteiger partial charge in [0.15, 0.2) is 0 Å². The number of nitrogens with one attached hydrogen (secondary N) is 1.